The molecule has 6 rings (SSSR count). The third-order valence-electron chi connectivity index (χ3n) is 7.38. The number of methoxy groups -OCH3 is 1. The number of rotatable bonds is 4. The zero-order valence-electron chi connectivity index (χ0n) is 19.2. The first-order valence-electron chi connectivity index (χ1n) is 12.1. The maximum absolute atomic E-state index is 14.8. The van der Waals surface area contributed by atoms with Crippen molar-refractivity contribution in [3.63, 3.8) is 0 Å². The van der Waals surface area contributed by atoms with Gasteiger partial charge >= 0.3 is 0 Å². The van der Waals surface area contributed by atoms with Crippen molar-refractivity contribution in [2.24, 2.45) is 0 Å². The Bertz CT molecular complexity index is 1350. The summed E-state index contributed by atoms with van der Waals surface area (Å²) in [6, 6.07) is 10.6. The highest BCUT2D eigenvalue weighted by atomic mass is 19.1. The van der Waals surface area contributed by atoms with Gasteiger partial charge in [0.05, 0.1) is 18.5 Å². The van der Waals surface area contributed by atoms with Crippen LogP contribution in [0.25, 0.3) is 16.5 Å². The Kier molecular flexibility index (Phi) is 5.05. The van der Waals surface area contributed by atoms with Gasteiger partial charge < -0.3 is 14.2 Å². The van der Waals surface area contributed by atoms with Crippen molar-refractivity contribution in [1.29, 1.82) is 0 Å². The summed E-state index contributed by atoms with van der Waals surface area (Å²) < 4.78 is 22.3. The van der Waals surface area contributed by atoms with Crippen LogP contribution in [0, 0.1) is 5.82 Å². The van der Waals surface area contributed by atoms with Crippen LogP contribution in [0.4, 0.5) is 4.39 Å². The number of likely N-dealkylation sites (tertiary alicyclic amines) is 1. The Labute approximate surface area is 197 Å². The third kappa shape index (κ3) is 3.44. The molecule has 1 saturated heterocycles. The number of hydrogen-bond acceptors (Lipinski definition) is 3. The summed E-state index contributed by atoms with van der Waals surface area (Å²) >= 11 is 0. The second-order valence-corrected chi connectivity index (χ2v) is 9.57. The van der Waals surface area contributed by atoms with E-state index in [1.165, 1.54) is 6.07 Å². The molecule has 34 heavy (non-hydrogen) atoms. The summed E-state index contributed by atoms with van der Waals surface area (Å²) in [6.45, 7) is 1.42. The molecule has 2 aromatic carbocycles. The van der Waals surface area contributed by atoms with E-state index >= 15 is 0 Å². The van der Waals surface area contributed by atoms with Crippen molar-refractivity contribution in [2.75, 3.05) is 20.2 Å². The molecule has 2 heterocycles. The normalized spacial score (nSPS) is 20.3. The highest BCUT2D eigenvalue weighted by Gasteiger charge is 2.35. The summed E-state index contributed by atoms with van der Waals surface area (Å²) in [5.74, 6) is -0.697. The SMILES string of the molecule is COc1ccc2c(c1)C(C(=O)N1CCCCC1)=CC(c1cc(F)cc3c1ccn3C1CC1)C2=O. The number of carbonyl (C=O) groups excluding carboxylic acids is 2. The number of halogens is 1. The summed E-state index contributed by atoms with van der Waals surface area (Å²) in [7, 11) is 1.57. The van der Waals surface area contributed by atoms with E-state index in [1.54, 1.807) is 37.5 Å². The van der Waals surface area contributed by atoms with Crippen LogP contribution in [-0.2, 0) is 4.79 Å². The van der Waals surface area contributed by atoms with Crippen molar-refractivity contribution in [3.8, 4) is 5.75 Å². The van der Waals surface area contributed by atoms with Crippen LogP contribution >= 0.6 is 0 Å². The molecule has 3 aliphatic rings. The van der Waals surface area contributed by atoms with Crippen molar-refractivity contribution in [1.82, 2.24) is 9.47 Å². The summed E-state index contributed by atoms with van der Waals surface area (Å²) in [5, 5.41) is 0.865. The standard InChI is InChI=1S/C28H27FN2O3/c1-34-19-7-8-21-23(15-19)25(28(33)30-10-3-2-4-11-30)16-24(27(21)32)22-13-17(29)14-26-20(22)9-12-31(26)18-5-6-18/h7-9,12-16,18,24H,2-6,10-11H2,1H3. The van der Waals surface area contributed by atoms with Crippen LogP contribution < -0.4 is 4.74 Å². The minimum absolute atomic E-state index is 0.0742. The number of benzene rings is 2. The number of nitrogens with zero attached hydrogens (tertiary/aromatic N) is 2. The molecule has 5 nitrogen and oxygen atoms in total. The third-order valence-corrected chi connectivity index (χ3v) is 7.38. The van der Waals surface area contributed by atoms with E-state index in [0.717, 1.165) is 43.0 Å². The predicted octanol–water partition coefficient (Wildman–Crippen LogP) is 5.50. The molecule has 0 radical (unpaired) electrons. The number of carbonyl (C=O) groups is 2. The van der Waals surface area contributed by atoms with Crippen molar-refractivity contribution in [3.05, 3.63) is 71.2 Å². The van der Waals surface area contributed by atoms with E-state index in [2.05, 4.69) is 4.57 Å². The number of ketones is 1. The summed E-state index contributed by atoms with van der Waals surface area (Å²) in [4.78, 5) is 29.3. The molecular formula is C28H27FN2O3. The number of piperidine rings is 1. The number of fused-ring (bicyclic) bond motifs is 2. The first kappa shape index (κ1) is 21.1. The molecule has 0 N–H and O–H groups in total. The van der Waals surface area contributed by atoms with Gasteiger partial charge in [-0.05, 0) is 74.1 Å². The zero-order chi connectivity index (χ0) is 23.4. The molecule has 2 fully saturated rings. The maximum atomic E-state index is 14.8. The Morgan fingerprint density at radius 2 is 1.82 bits per heavy atom. The Morgan fingerprint density at radius 1 is 1.03 bits per heavy atom. The van der Waals surface area contributed by atoms with Crippen LogP contribution in [0.2, 0.25) is 0 Å². The summed E-state index contributed by atoms with van der Waals surface area (Å²) in [5.41, 5.74) is 3.00. The van der Waals surface area contributed by atoms with Gasteiger partial charge in [-0.1, -0.05) is 6.08 Å². The fraction of sp³-hybridized carbons (Fsp3) is 0.357. The van der Waals surface area contributed by atoms with E-state index in [-0.39, 0.29) is 17.5 Å². The molecule has 1 saturated carbocycles. The lowest BCUT2D eigenvalue weighted by Crippen LogP contribution is -2.37. The van der Waals surface area contributed by atoms with E-state index < -0.39 is 5.92 Å². The topological polar surface area (TPSA) is 51.5 Å². The van der Waals surface area contributed by atoms with Crippen LogP contribution in [0.3, 0.4) is 0 Å². The number of Topliss-reactive ketones (excluding diaryl/α,β-unsaturated/α-hetero) is 1. The molecule has 1 aromatic heterocycles. The van der Waals surface area contributed by atoms with Gasteiger partial charge in [0, 0.05) is 47.4 Å². The van der Waals surface area contributed by atoms with Gasteiger partial charge in [-0.3, -0.25) is 9.59 Å². The molecular weight excluding hydrogens is 431 g/mol. The first-order chi connectivity index (χ1) is 16.5. The fourth-order valence-electron chi connectivity index (χ4n) is 5.46. The smallest absolute Gasteiger partial charge is 0.254 e. The van der Waals surface area contributed by atoms with E-state index in [4.69, 9.17) is 4.74 Å². The average molecular weight is 459 g/mol. The van der Waals surface area contributed by atoms with Crippen LogP contribution in [0.15, 0.2) is 48.7 Å². The van der Waals surface area contributed by atoms with Gasteiger partial charge in [0.1, 0.15) is 11.6 Å². The maximum Gasteiger partial charge on any atom is 0.254 e. The van der Waals surface area contributed by atoms with E-state index in [1.807, 2.05) is 17.2 Å². The lowest BCUT2D eigenvalue weighted by molar-refractivity contribution is -0.125. The molecule has 2 aliphatic carbocycles. The lowest BCUT2D eigenvalue weighted by Gasteiger charge is -2.30. The molecule has 6 heteroatoms. The monoisotopic (exact) mass is 458 g/mol. The average Bonchev–Trinajstić information content (AvgIpc) is 3.62. The molecule has 1 unspecified atom stereocenters. The van der Waals surface area contributed by atoms with Crippen molar-refractivity contribution in [2.45, 2.75) is 44.1 Å². The minimum Gasteiger partial charge on any atom is -0.497 e. The highest BCUT2D eigenvalue weighted by Crippen LogP contribution is 2.43. The quantitative estimate of drug-likeness (QED) is 0.519. The molecule has 174 valence electrons. The van der Waals surface area contributed by atoms with Gasteiger partial charge in [-0.25, -0.2) is 4.39 Å². The molecule has 0 bridgehead atoms. The second kappa shape index (κ2) is 8.12. The Morgan fingerprint density at radius 3 is 2.56 bits per heavy atom. The Balaban J connectivity index is 1.51. The van der Waals surface area contributed by atoms with E-state index in [9.17, 15) is 14.0 Å². The zero-order valence-corrected chi connectivity index (χ0v) is 19.2. The predicted molar refractivity (Wildman–Crippen MR) is 129 cm³/mol. The first-order valence-corrected chi connectivity index (χ1v) is 12.1. The van der Waals surface area contributed by atoms with Crippen molar-refractivity contribution >= 4 is 28.2 Å². The second-order valence-electron chi connectivity index (χ2n) is 9.57. The van der Waals surface area contributed by atoms with Crippen LogP contribution in [0.1, 0.15) is 65.5 Å². The van der Waals surface area contributed by atoms with Gasteiger partial charge in [0.25, 0.3) is 5.91 Å². The van der Waals surface area contributed by atoms with Gasteiger partial charge in [0.2, 0.25) is 0 Å². The van der Waals surface area contributed by atoms with Crippen molar-refractivity contribution < 1.29 is 18.7 Å². The largest absolute Gasteiger partial charge is 0.497 e. The molecule has 1 aliphatic heterocycles. The Hall–Kier alpha value is -3.41. The lowest BCUT2D eigenvalue weighted by atomic mass is 9.78. The highest BCUT2D eigenvalue weighted by molar-refractivity contribution is 6.26. The molecule has 1 amide bonds. The fourth-order valence-corrected chi connectivity index (χ4v) is 5.46. The molecule has 0 spiro atoms. The van der Waals surface area contributed by atoms with Gasteiger partial charge in [-0.2, -0.15) is 0 Å². The minimum atomic E-state index is -0.724. The van der Waals surface area contributed by atoms with Gasteiger partial charge in [0.15, 0.2) is 5.78 Å². The molecule has 1 atom stereocenters. The number of ether oxygens (including phenoxy) is 1. The number of allylic oxidation sites excluding steroid dienone is 1. The number of amides is 1. The van der Waals surface area contributed by atoms with E-state index in [0.29, 0.717) is 47.1 Å². The molecule has 3 aromatic rings. The summed E-state index contributed by atoms with van der Waals surface area (Å²) in [6.07, 6.45) is 8.98. The number of aromatic nitrogens is 1. The van der Waals surface area contributed by atoms with Gasteiger partial charge in [-0.15, -0.1) is 0 Å². The number of hydrogen-bond donors (Lipinski definition) is 0. The van der Waals surface area contributed by atoms with Crippen LogP contribution in [0.5, 0.6) is 5.75 Å². The van der Waals surface area contributed by atoms with Crippen LogP contribution in [-0.4, -0.2) is 41.4 Å².